The lowest BCUT2D eigenvalue weighted by atomic mass is 9.88. The van der Waals surface area contributed by atoms with Gasteiger partial charge in [0.05, 0.1) is 6.10 Å². The van der Waals surface area contributed by atoms with Gasteiger partial charge in [-0.05, 0) is 25.2 Å². The first kappa shape index (κ1) is 17.9. The van der Waals surface area contributed by atoms with Gasteiger partial charge in [0.2, 0.25) is 0 Å². The van der Waals surface area contributed by atoms with Crippen molar-refractivity contribution in [2.75, 3.05) is 6.61 Å². The molecule has 19 heavy (non-hydrogen) atoms. The first-order valence-electron chi connectivity index (χ1n) is 6.63. The van der Waals surface area contributed by atoms with Crippen LogP contribution in [0.1, 0.15) is 46.5 Å². The molecule has 6 heteroatoms. The molecule has 0 aromatic carbocycles. The molecule has 0 aliphatic heterocycles. The van der Waals surface area contributed by atoms with Gasteiger partial charge in [0, 0.05) is 6.42 Å². The van der Waals surface area contributed by atoms with Gasteiger partial charge in [-0.3, -0.25) is 9.59 Å². The zero-order valence-electron chi connectivity index (χ0n) is 12.0. The zero-order valence-corrected chi connectivity index (χ0v) is 12.0. The van der Waals surface area contributed by atoms with Crippen LogP contribution < -0.4 is 11.5 Å². The van der Waals surface area contributed by atoms with E-state index in [1.807, 2.05) is 0 Å². The van der Waals surface area contributed by atoms with Crippen LogP contribution in [0.2, 0.25) is 0 Å². The molecule has 0 fully saturated rings. The number of nitrogens with two attached hydrogens (primary N) is 2. The van der Waals surface area contributed by atoms with E-state index in [0.29, 0.717) is 18.8 Å². The first-order valence-corrected chi connectivity index (χ1v) is 6.63. The third kappa shape index (κ3) is 7.12. The maximum Gasteiger partial charge on any atom is 0.326 e. The van der Waals surface area contributed by atoms with Gasteiger partial charge in [0.25, 0.3) is 5.91 Å². The number of hydrogen-bond donors (Lipinski definition) is 3. The van der Waals surface area contributed by atoms with Gasteiger partial charge in [-0.2, -0.15) is 0 Å². The zero-order chi connectivity index (χ0) is 15.1. The number of rotatable bonds is 9. The van der Waals surface area contributed by atoms with Crippen LogP contribution in [-0.2, 0) is 14.3 Å². The summed E-state index contributed by atoms with van der Waals surface area (Å²) in [5, 5.41) is 9.91. The fraction of sp³-hybridized carbons (Fsp3) is 0.846. The highest BCUT2D eigenvalue weighted by Gasteiger charge is 2.36. The third-order valence-corrected chi connectivity index (χ3v) is 3.06. The predicted octanol–water partition coefficient (Wildman–Crippen LogP) is 0.310. The molecule has 0 radical (unpaired) electrons. The van der Waals surface area contributed by atoms with Crippen molar-refractivity contribution >= 4 is 11.9 Å². The number of amides is 1. The summed E-state index contributed by atoms with van der Waals surface area (Å²) in [6, 6.07) is 0. The Morgan fingerprint density at radius 1 is 1.32 bits per heavy atom. The summed E-state index contributed by atoms with van der Waals surface area (Å²) in [6.45, 7) is 5.37. The van der Waals surface area contributed by atoms with Crippen molar-refractivity contribution in [2.45, 2.75) is 58.1 Å². The van der Waals surface area contributed by atoms with Gasteiger partial charge >= 0.3 is 5.97 Å². The van der Waals surface area contributed by atoms with Crippen LogP contribution in [0, 0.1) is 5.92 Å². The minimum absolute atomic E-state index is 0.119. The molecule has 0 aromatic heterocycles. The summed E-state index contributed by atoms with van der Waals surface area (Å²) in [5.41, 5.74) is 9.58. The third-order valence-electron chi connectivity index (χ3n) is 3.06. The summed E-state index contributed by atoms with van der Waals surface area (Å²) in [4.78, 5) is 22.4. The van der Waals surface area contributed by atoms with E-state index in [9.17, 15) is 14.7 Å². The minimum Gasteiger partial charge on any atom is -0.454 e. The number of primary amides is 1. The number of aliphatic hydroxyl groups excluding tert-OH is 1. The molecule has 0 rings (SSSR count). The van der Waals surface area contributed by atoms with E-state index in [1.165, 1.54) is 0 Å². The summed E-state index contributed by atoms with van der Waals surface area (Å²) in [7, 11) is 0. The Hall–Kier alpha value is -1.14. The highest BCUT2D eigenvalue weighted by molar-refractivity contribution is 5.84. The molecule has 6 nitrogen and oxygen atoms in total. The largest absolute Gasteiger partial charge is 0.454 e. The van der Waals surface area contributed by atoms with E-state index in [1.54, 1.807) is 6.92 Å². The average molecular weight is 274 g/mol. The van der Waals surface area contributed by atoms with Gasteiger partial charge in [-0.15, -0.1) is 0 Å². The summed E-state index contributed by atoms with van der Waals surface area (Å²) in [6.07, 6.45) is 1.22. The number of carbonyl (C=O) groups excluding carboxylic acids is 2. The van der Waals surface area contributed by atoms with Crippen molar-refractivity contribution in [1.82, 2.24) is 0 Å². The van der Waals surface area contributed by atoms with Crippen molar-refractivity contribution in [3.8, 4) is 0 Å². The number of ether oxygens (including phenoxy) is 1. The summed E-state index contributed by atoms with van der Waals surface area (Å²) >= 11 is 0. The summed E-state index contributed by atoms with van der Waals surface area (Å²) in [5.74, 6) is -0.949. The Balaban J connectivity index is 4.41. The van der Waals surface area contributed by atoms with E-state index >= 15 is 0 Å². The molecule has 0 bridgehead atoms. The maximum absolute atomic E-state index is 11.8. The molecule has 2 unspecified atom stereocenters. The molecule has 0 spiro atoms. The number of hydrogen-bond acceptors (Lipinski definition) is 5. The van der Waals surface area contributed by atoms with Crippen LogP contribution >= 0.6 is 0 Å². The fourth-order valence-electron chi connectivity index (χ4n) is 1.70. The van der Waals surface area contributed by atoms with Gasteiger partial charge in [0.15, 0.2) is 6.61 Å². The van der Waals surface area contributed by atoms with E-state index in [-0.39, 0.29) is 6.42 Å². The lowest BCUT2D eigenvalue weighted by molar-refractivity contribution is -0.154. The molecule has 5 N–H and O–H groups in total. The number of aliphatic hydroxyl groups is 1. The summed E-state index contributed by atoms with van der Waals surface area (Å²) < 4.78 is 4.74. The first-order chi connectivity index (χ1) is 8.71. The van der Waals surface area contributed by atoms with Gasteiger partial charge in [-0.1, -0.05) is 20.8 Å². The molecule has 0 aromatic rings. The van der Waals surface area contributed by atoms with Gasteiger partial charge in [0.1, 0.15) is 5.54 Å². The van der Waals surface area contributed by atoms with Crippen LogP contribution in [0.25, 0.3) is 0 Å². The van der Waals surface area contributed by atoms with Crippen molar-refractivity contribution in [2.24, 2.45) is 17.4 Å². The van der Waals surface area contributed by atoms with Crippen LogP contribution in [0.4, 0.5) is 0 Å². The second-order valence-electron chi connectivity index (χ2n) is 5.38. The molecular formula is C13H26N2O4. The van der Waals surface area contributed by atoms with Crippen molar-refractivity contribution in [1.29, 1.82) is 0 Å². The Morgan fingerprint density at radius 2 is 1.89 bits per heavy atom. The Morgan fingerprint density at radius 3 is 2.32 bits per heavy atom. The average Bonchev–Trinajstić information content (AvgIpc) is 2.33. The standard InChI is InChI=1S/C13H26N2O4/c1-4-13(15,12(18)19-8-11(14)17)7-10(16)6-5-9(2)3/h9-10,16H,4-8,15H2,1-3H3,(H2,14,17). The number of carbonyl (C=O) groups is 2. The highest BCUT2D eigenvalue weighted by atomic mass is 16.5. The molecule has 0 saturated carbocycles. The van der Waals surface area contributed by atoms with Crippen molar-refractivity contribution < 1.29 is 19.4 Å². The lowest BCUT2D eigenvalue weighted by Gasteiger charge is -2.28. The van der Waals surface area contributed by atoms with Crippen LogP contribution in [0.15, 0.2) is 0 Å². The lowest BCUT2D eigenvalue weighted by Crippen LogP contribution is -2.51. The molecule has 1 amide bonds. The predicted molar refractivity (Wildman–Crippen MR) is 72.1 cm³/mol. The minimum atomic E-state index is -1.27. The highest BCUT2D eigenvalue weighted by Crippen LogP contribution is 2.20. The Kier molecular flexibility index (Phi) is 7.63. The van der Waals surface area contributed by atoms with Gasteiger partial charge < -0.3 is 21.3 Å². The second kappa shape index (κ2) is 8.12. The normalized spacial score (nSPS) is 15.9. The smallest absolute Gasteiger partial charge is 0.326 e. The van der Waals surface area contributed by atoms with E-state index in [2.05, 4.69) is 13.8 Å². The molecule has 0 heterocycles. The number of esters is 1. The fourth-order valence-corrected chi connectivity index (χ4v) is 1.70. The monoisotopic (exact) mass is 274 g/mol. The molecular weight excluding hydrogens is 248 g/mol. The molecule has 112 valence electrons. The van der Waals surface area contributed by atoms with Crippen molar-refractivity contribution in [3.63, 3.8) is 0 Å². The quantitative estimate of drug-likeness (QED) is 0.523. The Labute approximate surface area is 114 Å². The van der Waals surface area contributed by atoms with E-state index < -0.39 is 30.1 Å². The maximum atomic E-state index is 11.8. The molecule has 0 aliphatic carbocycles. The molecule has 0 saturated heterocycles. The molecule has 2 atom stereocenters. The molecule has 0 aliphatic rings. The Bertz CT molecular complexity index is 307. The van der Waals surface area contributed by atoms with Gasteiger partial charge in [-0.25, -0.2) is 0 Å². The van der Waals surface area contributed by atoms with Crippen LogP contribution in [0.3, 0.4) is 0 Å². The van der Waals surface area contributed by atoms with E-state index in [0.717, 1.165) is 6.42 Å². The van der Waals surface area contributed by atoms with Crippen LogP contribution in [-0.4, -0.2) is 35.2 Å². The van der Waals surface area contributed by atoms with Crippen molar-refractivity contribution in [3.05, 3.63) is 0 Å². The van der Waals surface area contributed by atoms with E-state index in [4.69, 9.17) is 16.2 Å². The van der Waals surface area contributed by atoms with Crippen LogP contribution in [0.5, 0.6) is 0 Å². The topological polar surface area (TPSA) is 116 Å². The SMILES string of the molecule is CCC(N)(CC(O)CCC(C)C)C(=O)OCC(N)=O. The second-order valence-corrected chi connectivity index (χ2v) is 5.38.